The van der Waals surface area contributed by atoms with E-state index in [-0.39, 0.29) is 0 Å². The number of aromatic nitrogens is 2. The van der Waals surface area contributed by atoms with Crippen LogP contribution < -0.4 is 0 Å². The minimum atomic E-state index is 0.904. The van der Waals surface area contributed by atoms with E-state index in [1.54, 1.807) is 6.20 Å². The van der Waals surface area contributed by atoms with E-state index >= 15 is 0 Å². The maximum atomic E-state index is 3.98. The molecule has 0 spiro atoms. The molecule has 0 aliphatic carbocycles. The number of benzene rings is 1. The normalized spacial score (nSPS) is 7.89. The number of rotatable bonds is 2. The second-order valence-electron chi connectivity index (χ2n) is 3.43. The van der Waals surface area contributed by atoms with Gasteiger partial charge in [0.05, 0.1) is 6.33 Å². The number of hydrogen-bond acceptors (Lipinski definition) is 1. The van der Waals surface area contributed by atoms with Crippen LogP contribution in [0.25, 0.3) is 0 Å². The second-order valence-corrected chi connectivity index (χ2v) is 3.43. The standard InChI is InChI=1S/C10H10N2.C3H8.2C2H6/c1-2-4-10(5-3-1)8-12-7-6-11-9-12;1-3-2;2*1-2/h1-7,9H,8H2;3H2,1-2H3;2*1-2H3. The zero-order chi connectivity index (χ0) is 14.9. The lowest BCUT2D eigenvalue weighted by Gasteiger charge is -2.00. The molecule has 1 aromatic carbocycles. The lowest BCUT2D eigenvalue weighted by Crippen LogP contribution is -1.95. The van der Waals surface area contributed by atoms with Crippen LogP contribution in [0.4, 0.5) is 0 Å². The fourth-order valence-electron chi connectivity index (χ4n) is 1.17. The van der Waals surface area contributed by atoms with Gasteiger partial charge in [0.15, 0.2) is 0 Å². The van der Waals surface area contributed by atoms with Gasteiger partial charge in [-0.2, -0.15) is 0 Å². The van der Waals surface area contributed by atoms with Gasteiger partial charge in [-0.3, -0.25) is 0 Å². The first-order valence-corrected chi connectivity index (χ1v) is 7.36. The van der Waals surface area contributed by atoms with E-state index < -0.39 is 0 Å². The first-order valence-electron chi connectivity index (χ1n) is 7.36. The van der Waals surface area contributed by atoms with Crippen LogP contribution in [0.5, 0.6) is 0 Å². The summed E-state index contributed by atoms with van der Waals surface area (Å²) in [7, 11) is 0. The quantitative estimate of drug-likeness (QED) is 0.708. The van der Waals surface area contributed by atoms with E-state index in [4.69, 9.17) is 0 Å². The Bertz CT molecular complexity index is 339. The van der Waals surface area contributed by atoms with Gasteiger partial charge in [-0.25, -0.2) is 4.98 Å². The molecule has 0 saturated heterocycles. The van der Waals surface area contributed by atoms with Crippen molar-refractivity contribution in [1.82, 2.24) is 9.55 Å². The van der Waals surface area contributed by atoms with Crippen LogP contribution >= 0.6 is 0 Å². The van der Waals surface area contributed by atoms with Crippen molar-refractivity contribution >= 4 is 0 Å². The Kier molecular flexibility index (Phi) is 17.1. The van der Waals surface area contributed by atoms with Crippen LogP contribution in [-0.4, -0.2) is 9.55 Å². The summed E-state index contributed by atoms with van der Waals surface area (Å²) in [5.74, 6) is 0. The molecule has 0 radical (unpaired) electrons. The molecule has 0 atom stereocenters. The Morgan fingerprint density at radius 3 is 1.89 bits per heavy atom. The molecule has 108 valence electrons. The van der Waals surface area contributed by atoms with Crippen LogP contribution in [0.1, 0.15) is 53.5 Å². The maximum Gasteiger partial charge on any atom is 0.0949 e. The summed E-state index contributed by atoms with van der Waals surface area (Å²) in [6, 6.07) is 10.3. The van der Waals surface area contributed by atoms with Crippen LogP contribution in [0.3, 0.4) is 0 Å². The average Bonchev–Trinajstić information content (AvgIpc) is 2.98. The van der Waals surface area contributed by atoms with Crippen LogP contribution in [-0.2, 0) is 6.54 Å². The third-order valence-corrected chi connectivity index (χ3v) is 1.77. The van der Waals surface area contributed by atoms with Crippen molar-refractivity contribution in [1.29, 1.82) is 0 Å². The third-order valence-electron chi connectivity index (χ3n) is 1.77. The van der Waals surface area contributed by atoms with Crippen molar-refractivity contribution in [2.75, 3.05) is 0 Å². The Labute approximate surface area is 119 Å². The molecule has 0 N–H and O–H groups in total. The summed E-state index contributed by atoms with van der Waals surface area (Å²) in [5.41, 5.74) is 1.30. The Hall–Kier alpha value is -1.57. The summed E-state index contributed by atoms with van der Waals surface area (Å²) in [5, 5.41) is 0. The maximum absolute atomic E-state index is 3.98. The van der Waals surface area contributed by atoms with E-state index in [1.807, 2.05) is 58.4 Å². The third kappa shape index (κ3) is 11.3. The molecule has 0 aliphatic heterocycles. The monoisotopic (exact) mass is 262 g/mol. The van der Waals surface area contributed by atoms with Crippen molar-refractivity contribution in [3.05, 3.63) is 54.6 Å². The first kappa shape index (κ1) is 19.8. The van der Waals surface area contributed by atoms with Crippen LogP contribution in [0.15, 0.2) is 49.1 Å². The smallest absolute Gasteiger partial charge is 0.0949 e. The van der Waals surface area contributed by atoms with Crippen LogP contribution in [0, 0.1) is 0 Å². The molecule has 0 aliphatic rings. The van der Waals surface area contributed by atoms with E-state index in [1.165, 1.54) is 12.0 Å². The largest absolute Gasteiger partial charge is 0.333 e. The number of hydrogen-bond donors (Lipinski definition) is 0. The molecule has 2 aromatic rings. The minimum Gasteiger partial charge on any atom is -0.333 e. The van der Waals surface area contributed by atoms with Crippen molar-refractivity contribution in [2.45, 2.75) is 54.5 Å². The molecular formula is C17H30N2. The molecule has 2 rings (SSSR count). The van der Waals surface area contributed by atoms with E-state index in [9.17, 15) is 0 Å². The molecule has 1 aromatic heterocycles. The molecule has 0 bridgehead atoms. The van der Waals surface area contributed by atoms with Gasteiger partial charge in [-0.15, -0.1) is 0 Å². The van der Waals surface area contributed by atoms with Gasteiger partial charge in [0, 0.05) is 18.9 Å². The number of nitrogens with zero attached hydrogens (tertiary/aromatic N) is 2. The Balaban J connectivity index is 0. The predicted molar refractivity (Wildman–Crippen MR) is 86.4 cm³/mol. The topological polar surface area (TPSA) is 17.8 Å². The highest BCUT2D eigenvalue weighted by molar-refractivity contribution is 5.14. The lowest BCUT2D eigenvalue weighted by atomic mass is 10.2. The fourth-order valence-corrected chi connectivity index (χ4v) is 1.17. The van der Waals surface area contributed by atoms with Crippen molar-refractivity contribution in [2.24, 2.45) is 0 Å². The molecule has 0 fully saturated rings. The van der Waals surface area contributed by atoms with Gasteiger partial charge >= 0.3 is 0 Å². The van der Waals surface area contributed by atoms with Crippen molar-refractivity contribution in [3.8, 4) is 0 Å². The molecular weight excluding hydrogens is 232 g/mol. The summed E-state index contributed by atoms with van der Waals surface area (Å²) in [6.07, 6.45) is 6.84. The van der Waals surface area contributed by atoms with Crippen molar-refractivity contribution < 1.29 is 0 Å². The molecule has 2 heteroatoms. The molecule has 0 amide bonds. The van der Waals surface area contributed by atoms with Gasteiger partial charge in [-0.1, -0.05) is 78.3 Å². The first-order chi connectivity index (χ1) is 9.36. The second kappa shape index (κ2) is 16.4. The van der Waals surface area contributed by atoms with Gasteiger partial charge < -0.3 is 4.57 Å². The van der Waals surface area contributed by atoms with Gasteiger partial charge in [0.25, 0.3) is 0 Å². The van der Waals surface area contributed by atoms with E-state index in [2.05, 4.69) is 35.5 Å². The molecule has 1 heterocycles. The fraction of sp³-hybridized carbons (Fsp3) is 0.471. The minimum absolute atomic E-state index is 0.904. The zero-order valence-electron chi connectivity index (χ0n) is 13.4. The van der Waals surface area contributed by atoms with Crippen LogP contribution in [0.2, 0.25) is 0 Å². The van der Waals surface area contributed by atoms with Gasteiger partial charge in [0.1, 0.15) is 0 Å². The van der Waals surface area contributed by atoms with E-state index in [0.29, 0.717) is 0 Å². The summed E-state index contributed by atoms with van der Waals surface area (Å²) >= 11 is 0. The van der Waals surface area contributed by atoms with Gasteiger partial charge in [-0.05, 0) is 5.56 Å². The summed E-state index contributed by atoms with van der Waals surface area (Å²) in [6.45, 7) is 13.2. The highest BCUT2D eigenvalue weighted by Gasteiger charge is 1.91. The number of imidazole rings is 1. The highest BCUT2D eigenvalue weighted by atomic mass is 15.0. The molecule has 2 nitrogen and oxygen atoms in total. The van der Waals surface area contributed by atoms with E-state index in [0.717, 1.165) is 6.54 Å². The molecule has 19 heavy (non-hydrogen) atoms. The highest BCUT2D eigenvalue weighted by Crippen LogP contribution is 2.00. The zero-order valence-corrected chi connectivity index (χ0v) is 13.4. The molecule has 0 saturated carbocycles. The SMILES string of the molecule is CC.CC.CCC.c1ccc(Cn2ccnc2)cc1. The lowest BCUT2D eigenvalue weighted by molar-refractivity contribution is 0.797. The summed E-state index contributed by atoms with van der Waals surface area (Å²) in [4.78, 5) is 3.98. The van der Waals surface area contributed by atoms with Crippen molar-refractivity contribution in [3.63, 3.8) is 0 Å². The Morgan fingerprint density at radius 2 is 1.47 bits per heavy atom. The molecule has 0 unspecified atom stereocenters. The average molecular weight is 262 g/mol. The summed E-state index contributed by atoms with van der Waals surface area (Å²) < 4.78 is 2.05. The predicted octanol–water partition coefficient (Wildman–Crippen LogP) is 5.40. The Morgan fingerprint density at radius 1 is 0.947 bits per heavy atom. The van der Waals surface area contributed by atoms with Gasteiger partial charge in [0.2, 0.25) is 0 Å².